The van der Waals surface area contributed by atoms with Gasteiger partial charge in [-0.05, 0) is 12.0 Å². The second kappa shape index (κ2) is 9.29. The molecule has 3 rings (SSSR count). The molecule has 6 nitrogen and oxygen atoms in total. The number of hydrogen-bond donors (Lipinski definition) is 1. The molecule has 1 fully saturated rings. The lowest BCUT2D eigenvalue weighted by molar-refractivity contribution is 0.0948. The fraction of sp³-hybridized carbons (Fsp3) is 0.450. The summed E-state index contributed by atoms with van der Waals surface area (Å²) in [6, 6.07) is 10.6. The fourth-order valence-corrected chi connectivity index (χ4v) is 3.05. The van der Waals surface area contributed by atoms with Crippen LogP contribution in [0.4, 0.5) is 5.82 Å². The van der Waals surface area contributed by atoms with Crippen molar-refractivity contribution in [1.82, 2.24) is 20.2 Å². The molecule has 6 heteroatoms. The lowest BCUT2D eigenvalue weighted by Crippen LogP contribution is -2.46. The highest BCUT2D eigenvalue weighted by atomic mass is 16.1. The summed E-state index contributed by atoms with van der Waals surface area (Å²) in [6.07, 6.45) is 5.32. The second-order valence-corrected chi connectivity index (χ2v) is 6.62. The number of anilines is 1. The number of nitrogens with one attached hydrogen (secondary N) is 1. The van der Waals surface area contributed by atoms with E-state index in [4.69, 9.17) is 0 Å². The molecule has 1 aromatic heterocycles. The predicted molar refractivity (Wildman–Crippen MR) is 103 cm³/mol. The molecule has 0 radical (unpaired) electrons. The predicted octanol–water partition coefficient (Wildman–Crippen LogP) is 2.33. The zero-order valence-corrected chi connectivity index (χ0v) is 15.4. The van der Waals surface area contributed by atoms with Crippen LogP contribution < -0.4 is 10.2 Å². The first-order valence-corrected chi connectivity index (χ1v) is 9.37. The number of hydrogen-bond acceptors (Lipinski definition) is 5. The summed E-state index contributed by atoms with van der Waals surface area (Å²) in [7, 11) is 0. The molecule has 1 aliphatic rings. The topological polar surface area (TPSA) is 61.4 Å². The number of benzene rings is 1. The van der Waals surface area contributed by atoms with Crippen LogP contribution in [0.1, 0.15) is 35.8 Å². The monoisotopic (exact) mass is 353 g/mol. The highest BCUT2D eigenvalue weighted by molar-refractivity contribution is 5.91. The van der Waals surface area contributed by atoms with E-state index in [2.05, 4.69) is 56.3 Å². The number of rotatable bonds is 7. The van der Waals surface area contributed by atoms with Gasteiger partial charge in [-0.25, -0.2) is 9.97 Å². The number of carbonyl (C=O) groups is 1. The van der Waals surface area contributed by atoms with Gasteiger partial charge in [0.1, 0.15) is 11.5 Å². The lowest BCUT2D eigenvalue weighted by Gasteiger charge is -2.35. The Balaban J connectivity index is 1.49. The number of amides is 1. The standard InChI is InChI=1S/C20H27N5O/c1-2-3-9-21-20(26)18-14-23-19(15-22-18)25-12-10-24(11-13-25)16-17-7-5-4-6-8-17/h4-8,14-15H,2-3,9-13,16H2,1H3,(H,21,26). The Hall–Kier alpha value is -2.47. The van der Waals surface area contributed by atoms with E-state index in [-0.39, 0.29) is 5.91 Å². The molecule has 0 saturated carbocycles. The molecule has 1 aliphatic heterocycles. The molecule has 1 N–H and O–H groups in total. The fourth-order valence-electron chi connectivity index (χ4n) is 3.05. The van der Waals surface area contributed by atoms with Gasteiger partial charge in [0.15, 0.2) is 0 Å². The van der Waals surface area contributed by atoms with Gasteiger partial charge >= 0.3 is 0 Å². The third kappa shape index (κ3) is 5.02. The second-order valence-electron chi connectivity index (χ2n) is 6.62. The number of carbonyl (C=O) groups excluding carboxylic acids is 1. The van der Waals surface area contributed by atoms with E-state index in [0.717, 1.165) is 51.4 Å². The molecule has 26 heavy (non-hydrogen) atoms. The maximum atomic E-state index is 12.0. The van der Waals surface area contributed by atoms with E-state index in [9.17, 15) is 4.79 Å². The zero-order valence-electron chi connectivity index (χ0n) is 15.4. The summed E-state index contributed by atoms with van der Waals surface area (Å²) in [5.74, 6) is 0.694. The quantitative estimate of drug-likeness (QED) is 0.774. The van der Waals surface area contributed by atoms with Crippen molar-refractivity contribution in [3.05, 3.63) is 54.0 Å². The van der Waals surface area contributed by atoms with Gasteiger partial charge in [-0.15, -0.1) is 0 Å². The van der Waals surface area contributed by atoms with Crippen LogP contribution in [0.3, 0.4) is 0 Å². The number of piperazine rings is 1. The van der Waals surface area contributed by atoms with Crippen LogP contribution in [0.15, 0.2) is 42.7 Å². The summed E-state index contributed by atoms with van der Waals surface area (Å²) in [5.41, 5.74) is 1.73. The summed E-state index contributed by atoms with van der Waals surface area (Å²) in [4.78, 5) is 25.4. The van der Waals surface area contributed by atoms with Crippen LogP contribution in [0, 0.1) is 0 Å². The van der Waals surface area contributed by atoms with E-state index in [1.54, 1.807) is 12.4 Å². The van der Waals surface area contributed by atoms with Crippen molar-refractivity contribution in [2.75, 3.05) is 37.6 Å². The minimum atomic E-state index is -0.148. The van der Waals surface area contributed by atoms with Crippen molar-refractivity contribution >= 4 is 11.7 Å². The third-order valence-electron chi connectivity index (χ3n) is 4.63. The summed E-state index contributed by atoms with van der Waals surface area (Å²) in [5, 5.41) is 2.87. The first-order chi connectivity index (χ1) is 12.8. The molecule has 1 saturated heterocycles. The zero-order chi connectivity index (χ0) is 18.2. The Morgan fingerprint density at radius 3 is 2.50 bits per heavy atom. The van der Waals surface area contributed by atoms with Gasteiger partial charge in [0, 0.05) is 39.3 Å². The smallest absolute Gasteiger partial charge is 0.271 e. The SMILES string of the molecule is CCCCNC(=O)c1cnc(N2CCN(Cc3ccccc3)CC2)cn1. The Morgan fingerprint density at radius 1 is 1.08 bits per heavy atom. The average Bonchev–Trinajstić information content (AvgIpc) is 2.70. The Kier molecular flexibility index (Phi) is 6.55. The summed E-state index contributed by atoms with van der Waals surface area (Å²) < 4.78 is 0. The van der Waals surface area contributed by atoms with Crippen LogP contribution in [0.5, 0.6) is 0 Å². The molecule has 2 heterocycles. The lowest BCUT2D eigenvalue weighted by atomic mass is 10.2. The Morgan fingerprint density at radius 2 is 1.85 bits per heavy atom. The van der Waals surface area contributed by atoms with Crippen molar-refractivity contribution < 1.29 is 4.79 Å². The molecule has 0 spiro atoms. The molecule has 1 aromatic carbocycles. The summed E-state index contributed by atoms with van der Waals surface area (Å²) >= 11 is 0. The molecular weight excluding hydrogens is 326 g/mol. The largest absolute Gasteiger partial charge is 0.353 e. The van der Waals surface area contributed by atoms with E-state index in [1.807, 2.05) is 6.07 Å². The van der Waals surface area contributed by atoms with Crippen LogP contribution in [0.2, 0.25) is 0 Å². The molecule has 0 bridgehead atoms. The highest BCUT2D eigenvalue weighted by Gasteiger charge is 2.19. The van der Waals surface area contributed by atoms with Gasteiger partial charge in [0.25, 0.3) is 5.91 Å². The van der Waals surface area contributed by atoms with Crippen molar-refractivity contribution in [3.63, 3.8) is 0 Å². The normalized spacial score (nSPS) is 15.0. The molecule has 0 unspecified atom stereocenters. The molecule has 2 aromatic rings. The van der Waals surface area contributed by atoms with Gasteiger partial charge in [-0.2, -0.15) is 0 Å². The van der Waals surface area contributed by atoms with Crippen LogP contribution >= 0.6 is 0 Å². The Bertz CT molecular complexity index is 681. The van der Waals surface area contributed by atoms with E-state index >= 15 is 0 Å². The number of aromatic nitrogens is 2. The van der Waals surface area contributed by atoms with E-state index < -0.39 is 0 Å². The van der Waals surface area contributed by atoms with Crippen molar-refractivity contribution in [2.24, 2.45) is 0 Å². The molecule has 0 aliphatic carbocycles. The van der Waals surface area contributed by atoms with Crippen molar-refractivity contribution in [3.8, 4) is 0 Å². The summed E-state index contributed by atoms with van der Waals surface area (Å²) in [6.45, 7) is 7.60. The van der Waals surface area contributed by atoms with Gasteiger partial charge in [0.2, 0.25) is 0 Å². The Labute approximate surface area is 155 Å². The van der Waals surface area contributed by atoms with E-state index in [1.165, 1.54) is 5.56 Å². The van der Waals surface area contributed by atoms with E-state index in [0.29, 0.717) is 12.2 Å². The molecule has 1 amide bonds. The third-order valence-corrected chi connectivity index (χ3v) is 4.63. The van der Waals surface area contributed by atoms with Crippen molar-refractivity contribution in [2.45, 2.75) is 26.3 Å². The van der Waals surface area contributed by atoms with Gasteiger partial charge in [-0.3, -0.25) is 9.69 Å². The number of nitrogens with zero attached hydrogens (tertiary/aromatic N) is 4. The van der Waals surface area contributed by atoms with Crippen LogP contribution in [-0.2, 0) is 6.54 Å². The maximum Gasteiger partial charge on any atom is 0.271 e. The van der Waals surface area contributed by atoms with Gasteiger partial charge in [0.05, 0.1) is 12.4 Å². The average molecular weight is 353 g/mol. The first-order valence-electron chi connectivity index (χ1n) is 9.37. The molecule has 0 atom stereocenters. The maximum absolute atomic E-state index is 12.0. The minimum absolute atomic E-state index is 0.148. The first kappa shape index (κ1) is 18.3. The minimum Gasteiger partial charge on any atom is -0.353 e. The molecular formula is C20H27N5O. The van der Waals surface area contributed by atoms with Gasteiger partial charge in [-0.1, -0.05) is 43.7 Å². The van der Waals surface area contributed by atoms with Gasteiger partial charge < -0.3 is 10.2 Å². The number of unbranched alkanes of at least 4 members (excludes halogenated alkanes) is 1. The van der Waals surface area contributed by atoms with Crippen molar-refractivity contribution in [1.29, 1.82) is 0 Å². The van der Waals surface area contributed by atoms with Crippen LogP contribution in [0.25, 0.3) is 0 Å². The van der Waals surface area contributed by atoms with Crippen LogP contribution in [-0.4, -0.2) is 53.5 Å². The highest BCUT2D eigenvalue weighted by Crippen LogP contribution is 2.14. The molecule has 138 valence electrons.